The molecule has 0 saturated heterocycles. The second kappa shape index (κ2) is 6.56. The van der Waals surface area contributed by atoms with Crippen molar-refractivity contribution in [2.24, 2.45) is 0 Å². The molecule has 2 N–H and O–H groups in total. The Hall–Kier alpha value is -2.83. The van der Waals surface area contributed by atoms with E-state index in [0.29, 0.717) is 28.7 Å². The number of nitrogens with one attached hydrogen (secondary N) is 1. The summed E-state index contributed by atoms with van der Waals surface area (Å²) in [6, 6.07) is 6.89. The number of ether oxygens (including phenoxy) is 2. The monoisotopic (exact) mass is 289 g/mol. The van der Waals surface area contributed by atoms with E-state index in [9.17, 15) is 4.79 Å². The van der Waals surface area contributed by atoms with Gasteiger partial charge in [0, 0.05) is 6.20 Å². The van der Waals surface area contributed by atoms with E-state index in [0.717, 1.165) is 0 Å². The van der Waals surface area contributed by atoms with Crippen LogP contribution in [0.1, 0.15) is 0 Å². The molecule has 0 radical (unpaired) electrons. The minimum Gasteiger partial charge on any atom is -0.497 e. The molecule has 0 bridgehead atoms. The topological polar surface area (TPSA) is 93.6 Å². The number of benzene rings is 1. The molecule has 0 saturated carbocycles. The second-order valence-corrected chi connectivity index (χ2v) is 4.08. The smallest absolute Gasteiger partial charge is 0.322 e. The van der Waals surface area contributed by atoms with Gasteiger partial charge in [-0.2, -0.15) is 0 Å². The average molecular weight is 289 g/mol. The molecule has 0 aliphatic carbocycles. The fourth-order valence-electron chi connectivity index (χ4n) is 1.74. The third-order valence-corrected chi connectivity index (χ3v) is 2.72. The van der Waals surface area contributed by atoms with Crippen molar-refractivity contribution in [2.75, 3.05) is 26.1 Å². The molecule has 0 spiro atoms. The van der Waals surface area contributed by atoms with E-state index in [2.05, 4.69) is 15.3 Å². The number of anilines is 1. The molecule has 110 valence electrons. The number of carboxylic acids is 1. The van der Waals surface area contributed by atoms with Gasteiger partial charge < -0.3 is 19.9 Å². The van der Waals surface area contributed by atoms with Crippen LogP contribution in [0.2, 0.25) is 0 Å². The van der Waals surface area contributed by atoms with Gasteiger partial charge in [-0.25, -0.2) is 9.97 Å². The lowest BCUT2D eigenvalue weighted by Crippen LogP contribution is -2.13. The molecule has 0 atom stereocenters. The number of methoxy groups -OCH3 is 2. The van der Waals surface area contributed by atoms with Crippen LogP contribution in [0.4, 0.5) is 5.82 Å². The first-order valence-electron chi connectivity index (χ1n) is 6.15. The minimum absolute atomic E-state index is 0.217. The molecule has 1 aromatic carbocycles. The second-order valence-electron chi connectivity index (χ2n) is 4.08. The number of rotatable bonds is 6. The molecular weight excluding hydrogens is 274 g/mol. The number of hydrogen-bond acceptors (Lipinski definition) is 6. The van der Waals surface area contributed by atoms with Crippen LogP contribution in [-0.4, -0.2) is 41.8 Å². The largest absolute Gasteiger partial charge is 0.497 e. The summed E-state index contributed by atoms with van der Waals surface area (Å²) in [6.45, 7) is -0.217. The van der Waals surface area contributed by atoms with Gasteiger partial charge in [0.25, 0.3) is 0 Å². The molecule has 7 heteroatoms. The van der Waals surface area contributed by atoms with Crippen LogP contribution in [0, 0.1) is 0 Å². The molecule has 0 aliphatic rings. The summed E-state index contributed by atoms with van der Waals surface area (Å²) in [5.74, 6) is 1.13. The molecule has 0 aliphatic heterocycles. The van der Waals surface area contributed by atoms with Gasteiger partial charge >= 0.3 is 5.97 Å². The lowest BCUT2D eigenvalue weighted by molar-refractivity contribution is -0.134. The summed E-state index contributed by atoms with van der Waals surface area (Å²) in [5, 5.41) is 11.4. The first-order chi connectivity index (χ1) is 10.1. The van der Waals surface area contributed by atoms with Crippen LogP contribution in [0.3, 0.4) is 0 Å². The van der Waals surface area contributed by atoms with Crippen molar-refractivity contribution < 1.29 is 19.4 Å². The summed E-state index contributed by atoms with van der Waals surface area (Å²) in [4.78, 5) is 19.0. The highest BCUT2D eigenvalue weighted by atomic mass is 16.5. The number of carboxylic acid groups (broad SMARTS) is 1. The first-order valence-corrected chi connectivity index (χ1v) is 6.15. The number of carbonyl (C=O) groups is 1. The van der Waals surface area contributed by atoms with Crippen LogP contribution in [0.15, 0.2) is 30.5 Å². The van der Waals surface area contributed by atoms with E-state index >= 15 is 0 Å². The summed E-state index contributed by atoms with van der Waals surface area (Å²) >= 11 is 0. The van der Waals surface area contributed by atoms with Gasteiger partial charge in [0.05, 0.1) is 19.8 Å². The summed E-state index contributed by atoms with van der Waals surface area (Å²) < 4.78 is 10.5. The zero-order valence-electron chi connectivity index (χ0n) is 11.7. The van der Waals surface area contributed by atoms with Crippen molar-refractivity contribution in [3.63, 3.8) is 0 Å². The Labute approximate surface area is 121 Å². The normalized spacial score (nSPS) is 10.0. The fraction of sp³-hybridized carbons (Fsp3) is 0.214. The van der Waals surface area contributed by atoms with E-state index in [-0.39, 0.29) is 6.54 Å². The van der Waals surface area contributed by atoms with Crippen molar-refractivity contribution in [2.45, 2.75) is 0 Å². The average Bonchev–Trinajstić information content (AvgIpc) is 2.52. The highest BCUT2D eigenvalue weighted by Crippen LogP contribution is 2.31. The molecule has 21 heavy (non-hydrogen) atoms. The molecule has 0 unspecified atom stereocenters. The Bertz CT molecular complexity index is 646. The van der Waals surface area contributed by atoms with Gasteiger partial charge in [-0.1, -0.05) is 0 Å². The summed E-state index contributed by atoms with van der Waals surface area (Å²) in [5.41, 5.74) is 0.663. The molecular formula is C14H15N3O4. The first kappa shape index (κ1) is 14.6. The van der Waals surface area contributed by atoms with Gasteiger partial charge in [-0.3, -0.25) is 4.79 Å². The minimum atomic E-state index is -0.964. The standard InChI is InChI=1S/C14H15N3O4/c1-20-9-3-4-11(21-2)10(7-9)14-15-6-5-12(17-14)16-8-13(18)19/h3-7H,8H2,1-2H3,(H,18,19)(H,15,16,17). The van der Waals surface area contributed by atoms with Gasteiger partial charge in [-0.15, -0.1) is 0 Å². The van der Waals surface area contributed by atoms with Crippen molar-refractivity contribution in [3.8, 4) is 22.9 Å². The lowest BCUT2D eigenvalue weighted by atomic mass is 10.1. The predicted octanol–water partition coefficient (Wildman–Crippen LogP) is 1.66. The Morgan fingerprint density at radius 1 is 1.29 bits per heavy atom. The van der Waals surface area contributed by atoms with Crippen LogP contribution in [0.25, 0.3) is 11.4 Å². The van der Waals surface area contributed by atoms with Gasteiger partial charge in [-0.05, 0) is 24.3 Å². The summed E-state index contributed by atoms with van der Waals surface area (Å²) in [6.07, 6.45) is 1.55. The van der Waals surface area contributed by atoms with Crippen LogP contribution < -0.4 is 14.8 Å². The van der Waals surface area contributed by atoms with Gasteiger partial charge in [0.15, 0.2) is 5.82 Å². The Morgan fingerprint density at radius 3 is 2.76 bits per heavy atom. The zero-order chi connectivity index (χ0) is 15.2. The molecule has 2 rings (SSSR count). The maximum atomic E-state index is 10.6. The van der Waals surface area contributed by atoms with Crippen LogP contribution >= 0.6 is 0 Å². The molecule has 0 amide bonds. The van der Waals surface area contributed by atoms with Crippen molar-refractivity contribution in [1.82, 2.24) is 9.97 Å². The van der Waals surface area contributed by atoms with E-state index in [4.69, 9.17) is 14.6 Å². The number of aromatic nitrogens is 2. The van der Waals surface area contributed by atoms with Crippen LogP contribution in [0.5, 0.6) is 11.5 Å². The molecule has 1 aromatic heterocycles. The maximum Gasteiger partial charge on any atom is 0.322 e. The van der Waals surface area contributed by atoms with Crippen molar-refractivity contribution >= 4 is 11.8 Å². The van der Waals surface area contributed by atoms with E-state index in [1.807, 2.05) is 0 Å². The quantitative estimate of drug-likeness (QED) is 0.835. The van der Waals surface area contributed by atoms with E-state index < -0.39 is 5.97 Å². The highest BCUT2D eigenvalue weighted by molar-refractivity contribution is 5.72. The number of hydrogen-bond donors (Lipinski definition) is 2. The zero-order valence-corrected chi connectivity index (χ0v) is 11.7. The molecule has 2 aromatic rings. The third kappa shape index (κ3) is 3.59. The lowest BCUT2D eigenvalue weighted by Gasteiger charge is -2.10. The number of aliphatic carboxylic acids is 1. The van der Waals surface area contributed by atoms with Gasteiger partial charge in [0.1, 0.15) is 23.9 Å². The molecule has 7 nitrogen and oxygen atoms in total. The highest BCUT2D eigenvalue weighted by Gasteiger charge is 2.11. The molecule has 0 fully saturated rings. The van der Waals surface area contributed by atoms with E-state index in [1.54, 1.807) is 44.7 Å². The Morgan fingerprint density at radius 2 is 2.10 bits per heavy atom. The van der Waals surface area contributed by atoms with Crippen LogP contribution in [-0.2, 0) is 4.79 Å². The van der Waals surface area contributed by atoms with Crippen molar-refractivity contribution in [3.05, 3.63) is 30.5 Å². The Kier molecular flexibility index (Phi) is 4.55. The fourth-order valence-corrected chi connectivity index (χ4v) is 1.74. The SMILES string of the molecule is COc1ccc(OC)c(-c2nccc(NCC(=O)O)n2)c1. The predicted molar refractivity (Wildman–Crippen MR) is 76.7 cm³/mol. The molecule has 1 heterocycles. The number of nitrogens with zero attached hydrogens (tertiary/aromatic N) is 2. The maximum absolute atomic E-state index is 10.6. The van der Waals surface area contributed by atoms with E-state index in [1.165, 1.54) is 0 Å². The Balaban J connectivity index is 2.36. The van der Waals surface area contributed by atoms with Crippen molar-refractivity contribution in [1.29, 1.82) is 0 Å². The van der Waals surface area contributed by atoms with Gasteiger partial charge in [0.2, 0.25) is 0 Å². The summed E-state index contributed by atoms with van der Waals surface area (Å²) in [7, 11) is 3.12. The third-order valence-electron chi connectivity index (χ3n) is 2.72.